The van der Waals surface area contributed by atoms with Crippen LogP contribution in [-0.2, 0) is 4.79 Å². The first kappa shape index (κ1) is 12.2. The van der Waals surface area contributed by atoms with E-state index in [-0.39, 0.29) is 5.92 Å². The highest BCUT2D eigenvalue weighted by atomic mass is 16.4. The van der Waals surface area contributed by atoms with Crippen LogP contribution in [0.4, 0.5) is 5.69 Å². The zero-order valence-electron chi connectivity index (χ0n) is 11.7. The van der Waals surface area contributed by atoms with Crippen molar-refractivity contribution in [2.75, 3.05) is 18.0 Å². The molecule has 2 aliphatic carbocycles. The highest BCUT2D eigenvalue weighted by Gasteiger charge is 2.42. The summed E-state index contributed by atoms with van der Waals surface area (Å²) in [7, 11) is 0. The van der Waals surface area contributed by atoms with Crippen LogP contribution < -0.4 is 4.90 Å². The molecule has 0 radical (unpaired) electrons. The summed E-state index contributed by atoms with van der Waals surface area (Å²) >= 11 is 0. The minimum atomic E-state index is -0.687. The fraction of sp³-hybridized carbons (Fsp3) is 0.588. The third-order valence-electron chi connectivity index (χ3n) is 5.69. The lowest BCUT2D eigenvalue weighted by molar-refractivity contribution is -0.138. The molecule has 1 aromatic carbocycles. The van der Waals surface area contributed by atoms with Gasteiger partial charge in [-0.1, -0.05) is 24.6 Å². The third kappa shape index (κ3) is 1.83. The maximum Gasteiger partial charge on any atom is 0.312 e. The van der Waals surface area contributed by atoms with Gasteiger partial charge in [0.05, 0.1) is 0 Å². The number of aliphatic carboxylic acids is 1. The van der Waals surface area contributed by atoms with Crippen molar-refractivity contribution in [2.45, 2.75) is 31.6 Å². The van der Waals surface area contributed by atoms with E-state index in [1.165, 1.54) is 25.7 Å². The van der Waals surface area contributed by atoms with Crippen LogP contribution in [0.5, 0.6) is 0 Å². The van der Waals surface area contributed by atoms with Crippen LogP contribution in [0.25, 0.3) is 0 Å². The Bertz CT molecular complexity index is 542. The molecule has 1 heterocycles. The van der Waals surface area contributed by atoms with Crippen molar-refractivity contribution in [1.82, 2.24) is 0 Å². The molecule has 0 saturated heterocycles. The van der Waals surface area contributed by atoms with E-state index in [4.69, 9.17) is 0 Å². The second-order valence-electron chi connectivity index (χ2n) is 6.79. The summed E-state index contributed by atoms with van der Waals surface area (Å²) in [6, 6.07) is 8.05. The molecule has 3 aliphatic rings. The van der Waals surface area contributed by atoms with E-state index in [0.717, 1.165) is 35.5 Å². The second kappa shape index (κ2) is 4.51. The zero-order valence-corrected chi connectivity index (χ0v) is 11.7. The van der Waals surface area contributed by atoms with Gasteiger partial charge in [-0.15, -0.1) is 0 Å². The molecule has 0 aromatic heterocycles. The van der Waals surface area contributed by atoms with Crippen molar-refractivity contribution in [3.8, 4) is 0 Å². The predicted molar refractivity (Wildman–Crippen MR) is 78.0 cm³/mol. The maximum absolute atomic E-state index is 11.4. The van der Waals surface area contributed by atoms with Crippen LogP contribution in [0, 0.1) is 17.8 Å². The van der Waals surface area contributed by atoms with Crippen LogP contribution in [-0.4, -0.2) is 24.2 Å². The summed E-state index contributed by atoms with van der Waals surface area (Å²) in [6.07, 6.45) is 5.60. The van der Waals surface area contributed by atoms with Gasteiger partial charge in [0.2, 0.25) is 0 Å². The summed E-state index contributed by atoms with van der Waals surface area (Å²) in [4.78, 5) is 13.8. The molecular weight excluding hydrogens is 250 g/mol. The normalized spacial score (nSPS) is 34.5. The fourth-order valence-corrected chi connectivity index (χ4v) is 4.75. The van der Waals surface area contributed by atoms with E-state index in [2.05, 4.69) is 11.0 Å². The van der Waals surface area contributed by atoms with E-state index in [0.29, 0.717) is 6.54 Å². The Morgan fingerprint density at radius 3 is 2.80 bits per heavy atom. The monoisotopic (exact) mass is 271 g/mol. The summed E-state index contributed by atoms with van der Waals surface area (Å²) in [5, 5.41) is 9.42. The summed E-state index contributed by atoms with van der Waals surface area (Å²) in [5.74, 6) is 1.61. The molecule has 4 rings (SSSR count). The minimum Gasteiger partial charge on any atom is -0.481 e. The Labute approximate surface area is 119 Å². The number of anilines is 1. The molecule has 3 nitrogen and oxygen atoms in total. The van der Waals surface area contributed by atoms with E-state index >= 15 is 0 Å². The average Bonchev–Trinajstić information content (AvgIpc) is 3.13. The van der Waals surface area contributed by atoms with Gasteiger partial charge in [-0.25, -0.2) is 0 Å². The average molecular weight is 271 g/mol. The second-order valence-corrected chi connectivity index (χ2v) is 6.79. The number of carboxylic acids is 1. The summed E-state index contributed by atoms with van der Waals surface area (Å²) in [6.45, 7) is 1.71. The van der Waals surface area contributed by atoms with Crippen molar-refractivity contribution < 1.29 is 9.90 Å². The van der Waals surface area contributed by atoms with Crippen molar-refractivity contribution in [1.29, 1.82) is 0 Å². The number of benzene rings is 1. The molecule has 4 atom stereocenters. The number of rotatable bonds is 3. The van der Waals surface area contributed by atoms with Crippen LogP contribution >= 0.6 is 0 Å². The van der Waals surface area contributed by atoms with Crippen molar-refractivity contribution in [3.63, 3.8) is 0 Å². The lowest BCUT2D eigenvalue weighted by atomic mass is 9.88. The molecular formula is C17H21NO2. The van der Waals surface area contributed by atoms with Crippen molar-refractivity contribution >= 4 is 11.7 Å². The molecule has 0 spiro atoms. The lowest BCUT2D eigenvalue weighted by Crippen LogP contribution is -2.32. The van der Waals surface area contributed by atoms with Crippen LogP contribution in [0.1, 0.15) is 37.2 Å². The first-order valence-electron chi connectivity index (χ1n) is 7.79. The van der Waals surface area contributed by atoms with Gasteiger partial charge >= 0.3 is 5.97 Å². The van der Waals surface area contributed by atoms with Crippen LogP contribution in [0.3, 0.4) is 0 Å². The molecule has 2 fully saturated rings. The number of carboxylic acid groups (broad SMARTS) is 1. The number of hydrogen-bond donors (Lipinski definition) is 1. The lowest BCUT2D eigenvalue weighted by Gasteiger charge is -2.29. The molecule has 0 amide bonds. The first-order valence-corrected chi connectivity index (χ1v) is 7.79. The predicted octanol–water partition coefficient (Wildman–Crippen LogP) is 3.11. The van der Waals surface area contributed by atoms with Gasteiger partial charge in [-0.2, -0.15) is 0 Å². The van der Waals surface area contributed by atoms with E-state index < -0.39 is 5.97 Å². The SMILES string of the molecule is O=C(O)C1CN(CC2CC3CCC2C3)c2ccccc21. The smallest absolute Gasteiger partial charge is 0.312 e. The molecule has 3 heteroatoms. The Hall–Kier alpha value is -1.51. The molecule has 4 unspecified atom stereocenters. The Morgan fingerprint density at radius 1 is 1.25 bits per heavy atom. The highest BCUT2D eigenvalue weighted by Crippen LogP contribution is 2.49. The largest absolute Gasteiger partial charge is 0.481 e. The molecule has 106 valence electrons. The van der Waals surface area contributed by atoms with Gasteiger partial charge in [0.25, 0.3) is 0 Å². The van der Waals surface area contributed by atoms with Gasteiger partial charge in [0, 0.05) is 18.8 Å². The van der Waals surface area contributed by atoms with Crippen LogP contribution in [0.2, 0.25) is 0 Å². The van der Waals surface area contributed by atoms with E-state index in [9.17, 15) is 9.90 Å². The number of hydrogen-bond acceptors (Lipinski definition) is 2. The van der Waals surface area contributed by atoms with Gasteiger partial charge in [0.1, 0.15) is 5.92 Å². The molecule has 2 saturated carbocycles. The number of nitrogens with zero attached hydrogens (tertiary/aromatic N) is 1. The van der Waals surface area contributed by atoms with Crippen LogP contribution in [0.15, 0.2) is 24.3 Å². The topological polar surface area (TPSA) is 40.5 Å². The summed E-state index contributed by atoms with van der Waals surface area (Å²) in [5.41, 5.74) is 2.16. The van der Waals surface area contributed by atoms with Crippen molar-refractivity contribution in [2.24, 2.45) is 17.8 Å². The van der Waals surface area contributed by atoms with Gasteiger partial charge in [-0.05, 0) is 48.6 Å². The Kier molecular flexibility index (Phi) is 2.76. The van der Waals surface area contributed by atoms with E-state index in [1.807, 2.05) is 18.2 Å². The number of carbonyl (C=O) groups is 1. The molecule has 20 heavy (non-hydrogen) atoms. The molecule has 1 N–H and O–H groups in total. The van der Waals surface area contributed by atoms with Gasteiger partial charge in [-0.3, -0.25) is 4.79 Å². The quantitative estimate of drug-likeness (QED) is 0.918. The number of fused-ring (bicyclic) bond motifs is 3. The molecule has 2 bridgehead atoms. The minimum absolute atomic E-state index is 0.343. The zero-order chi connectivity index (χ0) is 13.7. The first-order chi connectivity index (χ1) is 9.72. The van der Waals surface area contributed by atoms with E-state index in [1.54, 1.807) is 0 Å². The highest BCUT2D eigenvalue weighted by molar-refractivity contribution is 5.82. The Balaban J connectivity index is 1.56. The molecule has 1 aliphatic heterocycles. The molecule has 1 aromatic rings. The fourth-order valence-electron chi connectivity index (χ4n) is 4.75. The summed E-state index contributed by atoms with van der Waals surface area (Å²) < 4.78 is 0. The van der Waals surface area contributed by atoms with Gasteiger partial charge in [0.15, 0.2) is 0 Å². The van der Waals surface area contributed by atoms with Crippen molar-refractivity contribution in [3.05, 3.63) is 29.8 Å². The maximum atomic E-state index is 11.4. The standard InChI is InChI=1S/C17H21NO2/c19-17(20)15-10-18(16-4-2-1-3-14(15)16)9-13-8-11-5-6-12(13)7-11/h1-4,11-13,15H,5-10H2,(H,19,20). The Morgan fingerprint density at radius 2 is 2.10 bits per heavy atom. The third-order valence-corrected chi connectivity index (χ3v) is 5.69. The van der Waals surface area contributed by atoms with Gasteiger partial charge < -0.3 is 10.0 Å². The number of para-hydroxylation sites is 1.